The lowest BCUT2D eigenvalue weighted by atomic mass is 9.81. The van der Waals surface area contributed by atoms with Gasteiger partial charge in [-0.15, -0.1) is 5.10 Å². The van der Waals surface area contributed by atoms with Crippen LogP contribution in [-0.4, -0.2) is 28.3 Å². The first-order valence-corrected chi connectivity index (χ1v) is 9.38. The number of nitrogens with one attached hydrogen (secondary N) is 2. The largest absolute Gasteiger partial charge is 0.415 e. The van der Waals surface area contributed by atoms with Crippen molar-refractivity contribution < 1.29 is 31.5 Å². The van der Waals surface area contributed by atoms with Crippen LogP contribution in [0.15, 0.2) is 24.4 Å². The quantitative estimate of drug-likeness (QED) is 0.544. The van der Waals surface area contributed by atoms with Crippen LogP contribution in [0.4, 0.5) is 32.4 Å². The smallest absolute Gasteiger partial charge is 0.388 e. The van der Waals surface area contributed by atoms with Crippen LogP contribution < -0.4 is 15.4 Å². The van der Waals surface area contributed by atoms with E-state index in [4.69, 9.17) is 0 Å². The zero-order chi connectivity index (χ0) is 22.4. The average Bonchev–Trinajstić information content (AvgIpc) is 3.39. The second-order valence-electron chi connectivity index (χ2n) is 7.48. The van der Waals surface area contributed by atoms with E-state index in [0.29, 0.717) is 6.92 Å². The van der Waals surface area contributed by atoms with E-state index >= 15 is 0 Å². The molecule has 2 aromatic rings. The van der Waals surface area contributed by atoms with Crippen LogP contribution in [0.5, 0.6) is 5.88 Å². The summed E-state index contributed by atoms with van der Waals surface area (Å²) in [5.41, 5.74) is -2.62. The van der Waals surface area contributed by atoms with Gasteiger partial charge >= 0.3 is 12.6 Å². The van der Waals surface area contributed by atoms with E-state index in [1.165, 1.54) is 18.3 Å². The normalized spacial score (nSPS) is 20.4. The summed E-state index contributed by atoms with van der Waals surface area (Å²) in [4.78, 5) is 12.2. The molecule has 1 aromatic heterocycles. The predicted molar refractivity (Wildman–Crippen MR) is 99.3 cm³/mol. The van der Waals surface area contributed by atoms with Gasteiger partial charge < -0.3 is 15.4 Å². The molecule has 164 valence electrons. The molecular formula is C20H17F5N4O2. The van der Waals surface area contributed by atoms with Crippen molar-refractivity contribution in [3.63, 3.8) is 0 Å². The van der Waals surface area contributed by atoms with Crippen molar-refractivity contribution in [1.29, 1.82) is 0 Å². The van der Waals surface area contributed by atoms with Crippen LogP contribution in [0.25, 0.3) is 0 Å². The number of rotatable bonds is 5. The molecule has 0 spiro atoms. The number of amides is 2. The Balaban J connectivity index is 1.73. The lowest BCUT2D eigenvalue weighted by molar-refractivity contribution is -0.0532. The highest BCUT2D eigenvalue weighted by molar-refractivity contribution is 5.95. The van der Waals surface area contributed by atoms with E-state index in [1.807, 2.05) is 0 Å². The van der Waals surface area contributed by atoms with Crippen LogP contribution in [0.2, 0.25) is 0 Å². The van der Waals surface area contributed by atoms with Crippen LogP contribution in [-0.2, 0) is 12.1 Å². The van der Waals surface area contributed by atoms with Gasteiger partial charge in [-0.1, -0.05) is 11.8 Å². The van der Waals surface area contributed by atoms with Gasteiger partial charge in [0.15, 0.2) is 5.54 Å². The van der Waals surface area contributed by atoms with Crippen LogP contribution >= 0.6 is 0 Å². The summed E-state index contributed by atoms with van der Waals surface area (Å²) < 4.78 is 74.2. The second-order valence-corrected chi connectivity index (χ2v) is 7.48. The Labute approximate surface area is 173 Å². The molecule has 2 N–H and O–H groups in total. The molecule has 0 unspecified atom stereocenters. The Bertz CT molecular complexity index is 1080. The Morgan fingerprint density at radius 3 is 2.77 bits per heavy atom. The van der Waals surface area contributed by atoms with E-state index in [1.54, 1.807) is 0 Å². The standard InChI is InChI=1S/C20H17F5N4O2/c1-19(24,25)20(6-4-11-2-3-11)13-9-14(21)12(8-15(13)26-18(30)27-20)10-29-7-5-16(28-29)31-17(22)23/h5,7-9,11,17H,2-3,10H2,1H3,(H2,26,27,30)/t20-/m0/s1. The number of carbonyl (C=O) groups excluding carboxylic acids is 1. The van der Waals surface area contributed by atoms with Crippen molar-refractivity contribution in [2.75, 3.05) is 5.32 Å². The van der Waals surface area contributed by atoms with E-state index in [2.05, 4.69) is 32.3 Å². The minimum absolute atomic E-state index is 0.00359. The van der Waals surface area contributed by atoms with E-state index < -0.39 is 29.9 Å². The van der Waals surface area contributed by atoms with E-state index in [-0.39, 0.29) is 35.2 Å². The molecule has 1 saturated carbocycles. The number of benzene rings is 1. The fourth-order valence-corrected chi connectivity index (χ4v) is 3.30. The number of aromatic nitrogens is 2. The van der Waals surface area contributed by atoms with Gasteiger partial charge in [0, 0.05) is 41.9 Å². The Morgan fingerprint density at radius 1 is 1.39 bits per heavy atom. The summed E-state index contributed by atoms with van der Waals surface area (Å²) in [6, 6.07) is 2.38. The molecule has 6 nitrogen and oxygen atoms in total. The molecule has 1 fully saturated rings. The van der Waals surface area contributed by atoms with Gasteiger partial charge in [-0.3, -0.25) is 4.68 Å². The fourth-order valence-electron chi connectivity index (χ4n) is 3.30. The van der Waals surface area contributed by atoms with Gasteiger partial charge in [0.05, 0.1) is 6.54 Å². The molecule has 31 heavy (non-hydrogen) atoms. The lowest BCUT2D eigenvalue weighted by Gasteiger charge is -2.40. The van der Waals surface area contributed by atoms with Crippen LogP contribution in [0.3, 0.4) is 0 Å². The highest BCUT2D eigenvalue weighted by atomic mass is 19.3. The number of urea groups is 1. The zero-order valence-electron chi connectivity index (χ0n) is 16.2. The van der Waals surface area contributed by atoms with Gasteiger partial charge in [0.1, 0.15) is 5.82 Å². The molecule has 2 heterocycles. The maximum absolute atomic E-state index is 14.9. The van der Waals surface area contributed by atoms with Crippen molar-refractivity contribution >= 4 is 11.7 Å². The fraction of sp³-hybridized carbons (Fsp3) is 0.400. The molecule has 0 saturated heterocycles. The number of anilines is 1. The molecule has 1 aromatic carbocycles. The molecule has 1 atom stereocenters. The molecule has 1 aliphatic heterocycles. The van der Waals surface area contributed by atoms with E-state index in [9.17, 15) is 26.7 Å². The van der Waals surface area contributed by atoms with Crippen molar-refractivity contribution in [2.24, 2.45) is 5.92 Å². The summed E-state index contributed by atoms with van der Waals surface area (Å²) in [7, 11) is 0. The number of ether oxygens (including phenoxy) is 1. The van der Waals surface area contributed by atoms with Crippen LogP contribution in [0.1, 0.15) is 30.9 Å². The van der Waals surface area contributed by atoms with Gasteiger partial charge in [0.25, 0.3) is 5.92 Å². The highest BCUT2D eigenvalue weighted by Gasteiger charge is 2.55. The molecule has 0 bridgehead atoms. The monoisotopic (exact) mass is 440 g/mol. The SMILES string of the molecule is CC(F)(F)[C@@]1(C#CC2CC2)NC(=O)Nc2cc(Cn3ccc(OC(F)F)n3)c(F)cc21. The summed E-state index contributed by atoms with van der Waals surface area (Å²) in [6.45, 7) is -2.66. The van der Waals surface area contributed by atoms with Gasteiger partial charge in [0.2, 0.25) is 5.88 Å². The molecule has 2 amide bonds. The topological polar surface area (TPSA) is 68.2 Å². The summed E-state index contributed by atoms with van der Waals surface area (Å²) in [6.07, 6.45) is 2.86. The van der Waals surface area contributed by atoms with Crippen molar-refractivity contribution in [1.82, 2.24) is 15.1 Å². The number of nitrogens with zero attached hydrogens (tertiary/aromatic N) is 2. The number of carbonyl (C=O) groups is 1. The van der Waals surface area contributed by atoms with Gasteiger partial charge in [-0.25, -0.2) is 18.0 Å². The highest BCUT2D eigenvalue weighted by Crippen LogP contribution is 2.44. The summed E-state index contributed by atoms with van der Waals surface area (Å²) in [5.74, 6) is 0.503. The minimum atomic E-state index is -3.52. The number of alkyl halides is 4. The third-order valence-corrected chi connectivity index (χ3v) is 5.00. The van der Waals surface area contributed by atoms with E-state index in [0.717, 1.165) is 23.6 Å². The van der Waals surface area contributed by atoms with Crippen molar-refractivity contribution in [3.8, 4) is 17.7 Å². The first-order valence-electron chi connectivity index (χ1n) is 9.38. The van der Waals surface area contributed by atoms with Gasteiger partial charge in [-0.2, -0.15) is 8.78 Å². The first kappa shape index (κ1) is 21.0. The maximum atomic E-state index is 14.9. The third kappa shape index (κ3) is 4.15. The molecule has 4 rings (SSSR count). The predicted octanol–water partition coefficient (Wildman–Crippen LogP) is 4.07. The number of hydrogen-bond donors (Lipinski definition) is 2. The Hall–Kier alpha value is -3.29. The molecule has 0 radical (unpaired) electrons. The lowest BCUT2D eigenvalue weighted by Crippen LogP contribution is -2.59. The maximum Gasteiger partial charge on any atom is 0.388 e. The Morgan fingerprint density at radius 2 is 2.13 bits per heavy atom. The average molecular weight is 440 g/mol. The number of hydrogen-bond acceptors (Lipinski definition) is 3. The summed E-state index contributed by atoms with van der Waals surface area (Å²) >= 11 is 0. The number of halogens is 5. The van der Waals surface area contributed by atoms with Gasteiger partial charge in [-0.05, 0) is 25.0 Å². The van der Waals surface area contributed by atoms with Crippen molar-refractivity contribution in [2.45, 2.75) is 44.4 Å². The third-order valence-electron chi connectivity index (χ3n) is 5.00. The minimum Gasteiger partial charge on any atom is -0.415 e. The number of fused-ring (bicyclic) bond motifs is 1. The Kier molecular flexibility index (Phi) is 5.03. The second kappa shape index (κ2) is 7.44. The van der Waals surface area contributed by atoms with Crippen molar-refractivity contribution in [3.05, 3.63) is 41.3 Å². The zero-order valence-corrected chi connectivity index (χ0v) is 16.2. The summed E-state index contributed by atoms with van der Waals surface area (Å²) in [5, 5.41) is 8.33. The molecule has 11 heteroatoms. The molecular weight excluding hydrogens is 423 g/mol. The first-order chi connectivity index (χ1) is 14.6. The molecule has 1 aliphatic carbocycles. The van der Waals surface area contributed by atoms with Crippen LogP contribution in [0, 0.1) is 23.6 Å². The molecule has 2 aliphatic rings.